The number of likely N-dealkylation sites (tertiary alicyclic amines) is 1. The number of nitrogens with zero attached hydrogens (tertiary/aromatic N) is 3. The summed E-state index contributed by atoms with van der Waals surface area (Å²) >= 11 is 1.44. The number of aromatic nitrogens is 2. The Morgan fingerprint density at radius 1 is 1.53 bits per heavy atom. The molecule has 4 nitrogen and oxygen atoms in total. The molecule has 96 valence electrons. The van der Waals surface area contributed by atoms with Crippen LogP contribution in [0.15, 0.2) is 6.20 Å². The first kappa shape index (κ1) is 12.8. The molecule has 0 spiro atoms. The van der Waals surface area contributed by atoms with Gasteiger partial charge in [0.15, 0.2) is 0 Å². The van der Waals surface area contributed by atoms with E-state index in [2.05, 4.69) is 33.7 Å². The highest BCUT2D eigenvalue weighted by molar-refractivity contribution is 7.09. The molecule has 0 radical (unpaired) electrons. The van der Waals surface area contributed by atoms with E-state index in [1.54, 1.807) is 0 Å². The molecule has 1 saturated heterocycles. The van der Waals surface area contributed by atoms with Crippen LogP contribution < -0.4 is 5.32 Å². The third-order valence-electron chi connectivity index (χ3n) is 3.61. The van der Waals surface area contributed by atoms with Crippen LogP contribution in [0.5, 0.6) is 0 Å². The molecule has 1 atom stereocenters. The Kier molecular flexibility index (Phi) is 4.74. The fourth-order valence-electron chi connectivity index (χ4n) is 2.57. The molecule has 0 aliphatic carbocycles. The maximum absolute atomic E-state index is 3.88. The molecule has 1 aromatic rings. The molecular weight excluding hydrogens is 232 g/mol. The van der Waals surface area contributed by atoms with Gasteiger partial charge in [-0.15, -0.1) is 5.10 Å². The van der Waals surface area contributed by atoms with E-state index in [0.29, 0.717) is 6.04 Å². The largest absolute Gasteiger partial charge is 0.372 e. The fourth-order valence-corrected chi connectivity index (χ4v) is 3.08. The van der Waals surface area contributed by atoms with Crippen molar-refractivity contribution in [3.8, 4) is 0 Å². The summed E-state index contributed by atoms with van der Waals surface area (Å²) in [4.78, 5) is 2.58. The molecule has 1 aromatic heterocycles. The third kappa shape index (κ3) is 3.64. The van der Waals surface area contributed by atoms with Gasteiger partial charge in [0.05, 0.1) is 6.20 Å². The minimum atomic E-state index is 0.529. The first-order valence-corrected chi connectivity index (χ1v) is 7.33. The Balaban J connectivity index is 1.76. The summed E-state index contributed by atoms with van der Waals surface area (Å²) in [5, 5.41) is 8.46. The van der Waals surface area contributed by atoms with Gasteiger partial charge in [-0.2, -0.15) is 0 Å². The summed E-state index contributed by atoms with van der Waals surface area (Å²) in [5.41, 5.74) is 0. The second-order valence-electron chi connectivity index (χ2n) is 4.89. The van der Waals surface area contributed by atoms with Crippen LogP contribution in [0.2, 0.25) is 0 Å². The van der Waals surface area contributed by atoms with E-state index in [4.69, 9.17) is 0 Å². The summed E-state index contributed by atoms with van der Waals surface area (Å²) in [6, 6.07) is 0.529. The van der Waals surface area contributed by atoms with Gasteiger partial charge in [-0.3, -0.25) is 0 Å². The zero-order chi connectivity index (χ0) is 12.1. The zero-order valence-corrected chi connectivity index (χ0v) is 11.5. The summed E-state index contributed by atoms with van der Waals surface area (Å²) < 4.78 is 3.88. The fraction of sp³-hybridized carbons (Fsp3) is 0.833. The van der Waals surface area contributed by atoms with Gasteiger partial charge in [0.25, 0.3) is 0 Å². The Labute approximate surface area is 108 Å². The van der Waals surface area contributed by atoms with E-state index in [1.807, 2.05) is 6.20 Å². The summed E-state index contributed by atoms with van der Waals surface area (Å²) in [6.45, 7) is 8.30. The Morgan fingerprint density at radius 2 is 2.29 bits per heavy atom. The van der Waals surface area contributed by atoms with Crippen molar-refractivity contribution in [2.24, 2.45) is 5.92 Å². The lowest BCUT2D eigenvalue weighted by atomic mass is 9.90. The Bertz CT molecular complexity index is 306. The van der Waals surface area contributed by atoms with Gasteiger partial charge < -0.3 is 10.2 Å². The van der Waals surface area contributed by atoms with Crippen molar-refractivity contribution in [1.29, 1.82) is 0 Å². The van der Waals surface area contributed by atoms with E-state index in [9.17, 15) is 0 Å². The summed E-state index contributed by atoms with van der Waals surface area (Å²) in [6.07, 6.45) is 5.69. The highest BCUT2D eigenvalue weighted by Gasteiger charge is 2.23. The summed E-state index contributed by atoms with van der Waals surface area (Å²) in [5.74, 6) is 0.783. The van der Waals surface area contributed by atoms with Crippen LogP contribution >= 0.6 is 11.5 Å². The van der Waals surface area contributed by atoms with Crippen molar-refractivity contribution in [3.63, 3.8) is 0 Å². The average molecular weight is 254 g/mol. The van der Waals surface area contributed by atoms with Gasteiger partial charge in [-0.1, -0.05) is 11.4 Å². The van der Waals surface area contributed by atoms with E-state index in [1.165, 1.54) is 50.4 Å². The number of anilines is 1. The van der Waals surface area contributed by atoms with E-state index in [-0.39, 0.29) is 0 Å². The molecule has 0 aromatic carbocycles. The third-order valence-corrected chi connectivity index (χ3v) is 4.21. The van der Waals surface area contributed by atoms with E-state index in [0.717, 1.165) is 10.9 Å². The minimum Gasteiger partial charge on any atom is -0.372 e. The predicted molar refractivity (Wildman–Crippen MR) is 72.4 cm³/mol. The molecule has 1 unspecified atom stereocenters. The van der Waals surface area contributed by atoms with Crippen LogP contribution in [0, 0.1) is 5.92 Å². The van der Waals surface area contributed by atoms with E-state index >= 15 is 0 Å². The molecule has 17 heavy (non-hydrogen) atoms. The van der Waals surface area contributed by atoms with Crippen LogP contribution in [-0.4, -0.2) is 40.2 Å². The number of hydrogen-bond acceptors (Lipinski definition) is 5. The maximum Gasteiger partial charge on any atom is 0.130 e. The molecule has 2 heterocycles. The van der Waals surface area contributed by atoms with Crippen LogP contribution in [0.3, 0.4) is 0 Å². The smallest absolute Gasteiger partial charge is 0.130 e. The van der Waals surface area contributed by atoms with Gasteiger partial charge in [0, 0.05) is 17.6 Å². The van der Waals surface area contributed by atoms with Crippen LogP contribution in [0.1, 0.15) is 33.1 Å². The lowest BCUT2D eigenvalue weighted by Gasteiger charge is -2.35. The zero-order valence-electron chi connectivity index (χ0n) is 10.7. The van der Waals surface area contributed by atoms with Gasteiger partial charge in [-0.05, 0) is 51.7 Å². The molecular formula is C12H22N4S. The van der Waals surface area contributed by atoms with Gasteiger partial charge in [0.2, 0.25) is 0 Å². The minimum absolute atomic E-state index is 0.529. The Hall–Kier alpha value is -0.680. The summed E-state index contributed by atoms with van der Waals surface area (Å²) in [7, 11) is 0. The van der Waals surface area contributed by atoms with E-state index < -0.39 is 0 Å². The maximum atomic E-state index is 3.88. The van der Waals surface area contributed by atoms with Crippen molar-refractivity contribution < 1.29 is 0 Å². The molecule has 1 aliphatic rings. The molecule has 0 bridgehead atoms. The second kappa shape index (κ2) is 6.31. The van der Waals surface area contributed by atoms with Crippen molar-refractivity contribution in [3.05, 3.63) is 6.20 Å². The molecule has 1 N–H and O–H groups in total. The molecule has 0 amide bonds. The Morgan fingerprint density at radius 3 is 2.88 bits per heavy atom. The topological polar surface area (TPSA) is 41.0 Å². The molecule has 5 heteroatoms. The van der Waals surface area contributed by atoms with Crippen LogP contribution in [0.4, 0.5) is 5.00 Å². The molecule has 1 fully saturated rings. The monoisotopic (exact) mass is 254 g/mol. The first-order chi connectivity index (χ1) is 8.29. The van der Waals surface area contributed by atoms with Crippen molar-refractivity contribution in [1.82, 2.24) is 14.5 Å². The van der Waals surface area contributed by atoms with Crippen LogP contribution in [0.25, 0.3) is 0 Å². The standard InChI is InChI=1S/C12H22N4S/c1-3-6-16-7-4-11(5-8-16)10(2)14-12-9-13-15-17-12/h9-11,14H,3-8H2,1-2H3. The lowest BCUT2D eigenvalue weighted by Crippen LogP contribution is -2.39. The normalized spacial score (nSPS) is 20.4. The number of hydrogen-bond donors (Lipinski definition) is 1. The van der Waals surface area contributed by atoms with Crippen LogP contribution in [-0.2, 0) is 0 Å². The average Bonchev–Trinajstić information content (AvgIpc) is 2.83. The highest BCUT2D eigenvalue weighted by atomic mass is 32.1. The predicted octanol–water partition coefficient (Wildman–Crippen LogP) is 2.46. The van der Waals surface area contributed by atoms with Gasteiger partial charge in [0.1, 0.15) is 5.00 Å². The number of piperidine rings is 1. The number of nitrogens with one attached hydrogen (secondary N) is 1. The highest BCUT2D eigenvalue weighted by Crippen LogP contribution is 2.23. The molecule has 1 aliphatic heterocycles. The molecule has 0 saturated carbocycles. The van der Waals surface area contributed by atoms with Crippen molar-refractivity contribution >= 4 is 16.5 Å². The number of rotatable bonds is 5. The van der Waals surface area contributed by atoms with Gasteiger partial charge in [-0.25, -0.2) is 0 Å². The van der Waals surface area contributed by atoms with Crippen molar-refractivity contribution in [2.75, 3.05) is 25.0 Å². The van der Waals surface area contributed by atoms with Gasteiger partial charge >= 0.3 is 0 Å². The quantitative estimate of drug-likeness (QED) is 0.876. The van der Waals surface area contributed by atoms with Crippen molar-refractivity contribution in [2.45, 2.75) is 39.2 Å². The lowest BCUT2D eigenvalue weighted by molar-refractivity contribution is 0.176. The SMILES string of the molecule is CCCN1CCC(C(C)Nc2cnns2)CC1. The first-order valence-electron chi connectivity index (χ1n) is 6.56. The molecule has 2 rings (SSSR count). The second-order valence-corrected chi connectivity index (χ2v) is 5.68.